The number of hydrogen-bond acceptors (Lipinski definition) is 4. The van der Waals surface area contributed by atoms with Crippen molar-refractivity contribution in [1.82, 2.24) is 4.90 Å². The topological polar surface area (TPSA) is 58.7 Å². The summed E-state index contributed by atoms with van der Waals surface area (Å²) in [6, 6.07) is 5.91. The van der Waals surface area contributed by atoms with Crippen LogP contribution >= 0.6 is 0 Å². The van der Waals surface area contributed by atoms with Crippen LogP contribution in [0.3, 0.4) is 0 Å². The van der Waals surface area contributed by atoms with E-state index in [0.717, 1.165) is 23.4 Å². The lowest BCUT2D eigenvalue weighted by atomic mass is 10.1. The number of methoxy groups -OCH3 is 1. The van der Waals surface area contributed by atoms with Crippen molar-refractivity contribution >= 4 is 0 Å². The molecule has 0 aliphatic rings. The molecule has 1 aromatic carbocycles. The predicted molar refractivity (Wildman–Crippen MR) is 76.9 cm³/mol. The summed E-state index contributed by atoms with van der Waals surface area (Å²) in [5.74, 6) is 6.60. The number of aliphatic hydroxyl groups is 1. The SMILES string of the molecule is COc1ccc(CN(C)CC(C)O)cc1C#CCN. The summed E-state index contributed by atoms with van der Waals surface area (Å²) in [7, 11) is 3.60. The summed E-state index contributed by atoms with van der Waals surface area (Å²) in [6.45, 7) is 3.50. The van der Waals surface area contributed by atoms with Crippen LogP contribution in [0, 0.1) is 11.8 Å². The molecule has 4 heteroatoms. The Balaban J connectivity index is 2.85. The summed E-state index contributed by atoms with van der Waals surface area (Å²) in [5, 5.41) is 9.36. The predicted octanol–water partition coefficient (Wildman–Crippen LogP) is 0.818. The monoisotopic (exact) mass is 262 g/mol. The van der Waals surface area contributed by atoms with Gasteiger partial charge in [0.1, 0.15) is 5.75 Å². The number of likely N-dealkylation sites (N-methyl/N-ethyl adjacent to an activating group) is 1. The number of aliphatic hydroxyl groups excluding tert-OH is 1. The minimum Gasteiger partial charge on any atom is -0.495 e. The Morgan fingerprint density at radius 2 is 2.21 bits per heavy atom. The van der Waals surface area contributed by atoms with Gasteiger partial charge in [-0.15, -0.1) is 0 Å². The van der Waals surface area contributed by atoms with Crippen LogP contribution in [0.1, 0.15) is 18.1 Å². The Morgan fingerprint density at radius 3 is 2.79 bits per heavy atom. The average Bonchev–Trinajstić information content (AvgIpc) is 2.35. The third-order valence-electron chi connectivity index (χ3n) is 2.62. The van der Waals surface area contributed by atoms with E-state index in [4.69, 9.17) is 10.5 Å². The molecule has 0 saturated heterocycles. The highest BCUT2D eigenvalue weighted by molar-refractivity contribution is 5.48. The highest BCUT2D eigenvalue weighted by Gasteiger charge is 2.06. The van der Waals surface area contributed by atoms with E-state index in [1.165, 1.54) is 0 Å². The number of benzene rings is 1. The van der Waals surface area contributed by atoms with Gasteiger partial charge in [-0.25, -0.2) is 0 Å². The summed E-state index contributed by atoms with van der Waals surface area (Å²) in [4.78, 5) is 2.06. The van der Waals surface area contributed by atoms with Crippen molar-refractivity contribution in [2.45, 2.75) is 19.6 Å². The van der Waals surface area contributed by atoms with Gasteiger partial charge in [-0.2, -0.15) is 0 Å². The fourth-order valence-corrected chi connectivity index (χ4v) is 1.92. The van der Waals surface area contributed by atoms with E-state index in [0.29, 0.717) is 13.1 Å². The van der Waals surface area contributed by atoms with Crippen LogP contribution in [0.5, 0.6) is 5.75 Å². The van der Waals surface area contributed by atoms with Gasteiger partial charge < -0.3 is 15.6 Å². The fraction of sp³-hybridized carbons (Fsp3) is 0.467. The van der Waals surface area contributed by atoms with Crippen molar-refractivity contribution < 1.29 is 9.84 Å². The Kier molecular flexibility index (Phi) is 6.37. The summed E-state index contributed by atoms with van der Waals surface area (Å²) >= 11 is 0. The Morgan fingerprint density at radius 1 is 1.47 bits per heavy atom. The minimum atomic E-state index is -0.334. The van der Waals surface area contributed by atoms with Gasteiger partial charge in [-0.05, 0) is 31.7 Å². The second-order valence-corrected chi connectivity index (χ2v) is 4.59. The smallest absolute Gasteiger partial charge is 0.134 e. The van der Waals surface area contributed by atoms with Crippen LogP contribution in [0.15, 0.2) is 18.2 Å². The molecule has 0 aliphatic heterocycles. The zero-order valence-corrected chi connectivity index (χ0v) is 11.8. The van der Waals surface area contributed by atoms with Crippen LogP contribution in [-0.2, 0) is 6.54 Å². The maximum Gasteiger partial charge on any atom is 0.134 e. The maximum atomic E-state index is 9.36. The first kappa shape index (κ1) is 15.5. The van der Waals surface area contributed by atoms with Gasteiger partial charge in [0.05, 0.1) is 25.3 Å². The number of ether oxygens (including phenoxy) is 1. The van der Waals surface area contributed by atoms with Crippen LogP contribution in [0.2, 0.25) is 0 Å². The van der Waals surface area contributed by atoms with Crippen LogP contribution in [0.4, 0.5) is 0 Å². The Hall–Kier alpha value is -1.54. The Bertz CT molecular complexity index is 461. The molecule has 0 heterocycles. The molecule has 0 amide bonds. The number of rotatable bonds is 5. The van der Waals surface area contributed by atoms with Gasteiger partial charge in [0.2, 0.25) is 0 Å². The molecule has 104 valence electrons. The van der Waals surface area contributed by atoms with E-state index in [9.17, 15) is 5.11 Å². The van der Waals surface area contributed by atoms with Crippen molar-refractivity contribution in [2.24, 2.45) is 5.73 Å². The van der Waals surface area contributed by atoms with Gasteiger partial charge in [-0.3, -0.25) is 4.90 Å². The minimum absolute atomic E-state index is 0.329. The molecule has 0 fully saturated rings. The molecule has 0 aromatic heterocycles. The van der Waals surface area contributed by atoms with E-state index in [1.54, 1.807) is 14.0 Å². The molecule has 0 aliphatic carbocycles. The summed E-state index contributed by atoms with van der Waals surface area (Å²) < 4.78 is 5.27. The van der Waals surface area contributed by atoms with Crippen molar-refractivity contribution in [1.29, 1.82) is 0 Å². The molecule has 1 atom stereocenters. The molecule has 19 heavy (non-hydrogen) atoms. The Labute approximate surface area is 115 Å². The van der Waals surface area contributed by atoms with Crippen LogP contribution in [-0.4, -0.2) is 43.4 Å². The van der Waals surface area contributed by atoms with Crippen LogP contribution < -0.4 is 10.5 Å². The third kappa shape index (κ3) is 5.31. The van der Waals surface area contributed by atoms with Crippen LogP contribution in [0.25, 0.3) is 0 Å². The molecule has 1 rings (SSSR count). The molecule has 1 unspecified atom stereocenters. The lowest BCUT2D eigenvalue weighted by molar-refractivity contribution is 0.138. The normalized spacial score (nSPS) is 11.9. The second-order valence-electron chi connectivity index (χ2n) is 4.59. The zero-order chi connectivity index (χ0) is 14.3. The van der Waals surface area contributed by atoms with E-state index in [2.05, 4.69) is 16.7 Å². The first-order valence-electron chi connectivity index (χ1n) is 6.29. The van der Waals surface area contributed by atoms with E-state index in [1.807, 2.05) is 25.2 Å². The molecule has 0 spiro atoms. The van der Waals surface area contributed by atoms with Crippen molar-refractivity contribution in [3.8, 4) is 17.6 Å². The second kappa shape index (κ2) is 7.80. The molecule has 4 nitrogen and oxygen atoms in total. The van der Waals surface area contributed by atoms with E-state index in [-0.39, 0.29) is 6.10 Å². The van der Waals surface area contributed by atoms with Crippen molar-refractivity contribution in [3.63, 3.8) is 0 Å². The molecule has 0 radical (unpaired) electrons. The largest absolute Gasteiger partial charge is 0.495 e. The highest BCUT2D eigenvalue weighted by Crippen LogP contribution is 2.19. The lowest BCUT2D eigenvalue weighted by Gasteiger charge is -2.18. The molecule has 1 aromatic rings. The number of nitrogens with two attached hydrogens (primary N) is 1. The molecule has 3 N–H and O–H groups in total. The van der Waals surface area contributed by atoms with E-state index >= 15 is 0 Å². The third-order valence-corrected chi connectivity index (χ3v) is 2.62. The van der Waals surface area contributed by atoms with Gasteiger partial charge in [0, 0.05) is 13.1 Å². The maximum absolute atomic E-state index is 9.36. The van der Waals surface area contributed by atoms with Crippen molar-refractivity contribution in [3.05, 3.63) is 29.3 Å². The van der Waals surface area contributed by atoms with Gasteiger partial charge in [0.25, 0.3) is 0 Å². The summed E-state index contributed by atoms with van der Waals surface area (Å²) in [6.07, 6.45) is -0.334. The first-order valence-corrected chi connectivity index (χ1v) is 6.29. The first-order chi connectivity index (χ1) is 9.06. The molecular formula is C15H22N2O2. The molecule has 0 saturated carbocycles. The summed E-state index contributed by atoms with van der Waals surface area (Å²) in [5.41, 5.74) is 7.36. The molecule has 0 bridgehead atoms. The van der Waals surface area contributed by atoms with Gasteiger partial charge in [-0.1, -0.05) is 17.9 Å². The number of nitrogens with zero attached hydrogens (tertiary/aromatic N) is 1. The molecular weight excluding hydrogens is 240 g/mol. The van der Waals surface area contributed by atoms with Gasteiger partial charge >= 0.3 is 0 Å². The van der Waals surface area contributed by atoms with Crippen molar-refractivity contribution in [2.75, 3.05) is 27.2 Å². The van der Waals surface area contributed by atoms with E-state index < -0.39 is 0 Å². The number of hydrogen-bond donors (Lipinski definition) is 2. The highest BCUT2D eigenvalue weighted by atomic mass is 16.5. The fourth-order valence-electron chi connectivity index (χ4n) is 1.92. The quantitative estimate of drug-likeness (QED) is 0.771. The average molecular weight is 262 g/mol. The standard InChI is InChI=1S/C15H22N2O2/c1-12(18)10-17(2)11-13-6-7-15(19-3)14(9-13)5-4-8-16/h6-7,9,12,18H,8,10-11,16H2,1-3H3. The zero-order valence-electron chi connectivity index (χ0n) is 11.8. The lowest BCUT2D eigenvalue weighted by Crippen LogP contribution is -2.26. The van der Waals surface area contributed by atoms with Gasteiger partial charge in [0.15, 0.2) is 0 Å².